The third-order valence-corrected chi connectivity index (χ3v) is 5.88. The molecule has 2 unspecified atom stereocenters. The lowest BCUT2D eigenvalue weighted by Gasteiger charge is -2.32. The zero-order valence-electron chi connectivity index (χ0n) is 15.7. The summed E-state index contributed by atoms with van der Waals surface area (Å²) in [5.74, 6) is 1.25. The Morgan fingerprint density at radius 1 is 1.00 bits per heavy atom. The number of carbonyl (C=O) groups excluding carboxylic acids is 2. The molecule has 1 saturated carbocycles. The maximum absolute atomic E-state index is 12.9. The van der Waals surface area contributed by atoms with Crippen molar-refractivity contribution in [3.63, 3.8) is 0 Å². The van der Waals surface area contributed by atoms with Crippen LogP contribution in [0.1, 0.15) is 48.0 Å². The van der Waals surface area contributed by atoms with E-state index in [-0.39, 0.29) is 17.7 Å². The number of hydrogen-bond donors (Lipinski definition) is 1. The maximum atomic E-state index is 12.9. The van der Waals surface area contributed by atoms with Crippen molar-refractivity contribution >= 4 is 17.5 Å². The monoisotopic (exact) mass is 362 g/mol. The Labute approximate surface area is 160 Å². The van der Waals surface area contributed by atoms with E-state index in [1.54, 1.807) is 6.07 Å². The number of nitrogens with zero attached hydrogens (tertiary/aromatic N) is 1. The van der Waals surface area contributed by atoms with E-state index in [0.717, 1.165) is 32.4 Å². The Kier molecular flexibility index (Phi) is 4.97. The number of carbonyl (C=O) groups is 2. The Bertz CT molecular complexity index is 825. The van der Waals surface area contributed by atoms with Gasteiger partial charge >= 0.3 is 0 Å². The summed E-state index contributed by atoms with van der Waals surface area (Å²) in [6, 6.07) is 17.9. The average Bonchev–Trinajstić information content (AvgIpc) is 3.45. The molecule has 1 aliphatic carbocycles. The van der Waals surface area contributed by atoms with Gasteiger partial charge in [0.05, 0.1) is 0 Å². The van der Waals surface area contributed by atoms with Crippen molar-refractivity contribution in [2.24, 2.45) is 11.8 Å². The van der Waals surface area contributed by atoms with Crippen LogP contribution in [0.2, 0.25) is 0 Å². The SMILES string of the molecule is CC1CC1C(=O)Nc1cccc(C(=O)N2CCC(c3ccccc3)CC2)c1. The molecule has 1 saturated heterocycles. The Morgan fingerprint density at radius 3 is 2.37 bits per heavy atom. The van der Waals surface area contributed by atoms with E-state index in [4.69, 9.17) is 0 Å². The van der Waals surface area contributed by atoms with Crippen molar-refractivity contribution in [3.05, 3.63) is 65.7 Å². The van der Waals surface area contributed by atoms with Gasteiger partial charge < -0.3 is 10.2 Å². The number of benzene rings is 2. The van der Waals surface area contributed by atoms with Crippen molar-refractivity contribution < 1.29 is 9.59 Å². The Morgan fingerprint density at radius 2 is 1.70 bits per heavy atom. The van der Waals surface area contributed by atoms with E-state index in [1.807, 2.05) is 29.2 Å². The van der Waals surface area contributed by atoms with Gasteiger partial charge in [-0.3, -0.25) is 9.59 Å². The van der Waals surface area contributed by atoms with E-state index < -0.39 is 0 Å². The van der Waals surface area contributed by atoms with Crippen molar-refractivity contribution in [2.75, 3.05) is 18.4 Å². The van der Waals surface area contributed by atoms with Gasteiger partial charge in [0.25, 0.3) is 5.91 Å². The number of piperidine rings is 1. The summed E-state index contributed by atoms with van der Waals surface area (Å²) in [6.07, 6.45) is 2.94. The highest BCUT2D eigenvalue weighted by Crippen LogP contribution is 2.38. The first-order chi connectivity index (χ1) is 13.1. The Balaban J connectivity index is 1.37. The zero-order chi connectivity index (χ0) is 18.8. The maximum Gasteiger partial charge on any atom is 0.253 e. The Hall–Kier alpha value is -2.62. The van der Waals surface area contributed by atoms with E-state index >= 15 is 0 Å². The first-order valence-corrected chi connectivity index (χ1v) is 9.87. The van der Waals surface area contributed by atoms with Crippen LogP contribution in [-0.2, 0) is 4.79 Å². The highest BCUT2D eigenvalue weighted by Gasteiger charge is 2.39. The van der Waals surface area contributed by atoms with Gasteiger partial charge in [0.1, 0.15) is 0 Å². The summed E-state index contributed by atoms with van der Waals surface area (Å²) in [7, 11) is 0. The molecule has 4 heteroatoms. The first-order valence-electron chi connectivity index (χ1n) is 9.87. The molecule has 0 spiro atoms. The molecule has 0 bridgehead atoms. The molecule has 2 atom stereocenters. The van der Waals surface area contributed by atoms with Crippen LogP contribution < -0.4 is 5.32 Å². The van der Waals surface area contributed by atoms with Crippen LogP contribution >= 0.6 is 0 Å². The van der Waals surface area contributed by atoms with Crippen molar-refractivity contribution in [3.8, 4) is 0 Å². The zero-order valence-corrected chi connectivity index (χ0v) is 15.7. The molecule has 1 N–H and O–H groups in total. The van der Waals surface area contributed by atoms with Gasteiger partial charge in [0, 0.05) is 30.3 Å². The molecule has 4 nitrogen and oxygen atoms in total. The molecule has 0 aromatic heterocycles. The molecule has 1 heterocycles. The van der Waals surface area contributed by atoms with Crippen LogP contribution in [0.3, 0.4) is 0 Å². The van der Waals surface area contributed by atoms with Crippen LogP contribution in [0, 0.1) is 11.8 Å². The minimum atomic E-state index is 0.0531. The minimum Gasteiger partial charge on any atom is -0.339 e. The quantitative estimate of drug-likeness (QED) is 0.881. The topological polar surface area (TPSA) is 49.4 Å². The second-order valence-corrected chi connectivity index (χ2v) is 7.87. The summed E-state index contributed by atoms with van der Waals surface area (Å²) in [6.45, 7) is 3.63. The second kappa shape index (κ2) is 7.55. The molecule has 4 rings (SSSR count). The molecule has 2 fully saturated rings. The third kappa shape index (κ3) is 4.05. The van der Waals surface area contributed by atoms with Crippen LogP contribution in [0.15, 0.2) is 54.6 Å². The predicted molar refractivity (Wildman–Crippen MR) is 107 cm³/mol. The van der Waals surface area contributed by atoms with Gasteiger partial charge in [-0.2, -0.15) is 0 Å². The number of anilines is 1. The fraction of sp³-hybridized carbons (Fsp3) is 0.391. The lowest BCUT2D eigenvalue weighted by molar-refractivity contribution is -0.117. The van der Waals surface area contributed by atoms with Crippen LogP contribution in [0.5, 0.6) is 0 Å². The number of hydrogen-bond acceptors (Lipinski definition) is 2. The van der Waals surface area contributed by atoms with Crippen LogP contribution in [-0.4, -0.2) is 29.8 Å². The predicted octanol–water partition coefficient (Wildman–Crippen LogP) is 4.30. The lowest BCUT2D eigenvalue weighted by Crippen LogP contribution is -2.37. The van der Waals surface area contributed by atoms with Crippen LogP contribution in [0.4, 0.5) is 5.69 Å². The molecule has 2 aliphatic rings. The van der Waals surface area contributed by atoms with Gasteiger partial charge in [-0.25, -0.2) is 0 Å². The molecule has 0 radical (unpaired) electrons. The summed E-state index contributed by atoms with van der Waals surface area (Å²) >= 11 is 0. The average molecular weight is 362 g/mol. The molecule has 2 aromatic rings. The molecular weight excluding hydrogens is 336 g/mol. The fourth-order valence-corrected chi connectivity index (χ4v) is 3.98. The van der Waals surface area contributed by atoms with Crippen molar-refractivity contribution in [2.45, 2.75) is 32.1 Å². The fourth-order valence-electron chi connectivity index (χ4n) is 3.98. The highest BCUT2D eigenvalue weighted by atomic mass is 16.2. The number of nitrogens with one attached hydrogen (secondary N) is 1. The highest BCUT2D eigenvalue weighted by molar-refractivity contribution is 5.98. The van der Waals surface area contributed by atoms with Crippen LogP contribution in [0.25, 0.3) is 0 Å². The number of likely N-dealkylation sites (tertiary alicyclic amines) is 1. The number of amides is 2. The lowest BCUT2D eigenvalue weighted by atomic mass is 9.89. The molecule has 2 aromatic carbocycles. The first kappa shape index (κ1) is 17.8. The molecular formula is C23H26N2O2. The van der Waals surface area contributed by atoms with Crippen molar-refractivity contribution in [1.82, 2.24) is 4.90 Å². The normalized spacial score (nSPS) is 22.3. The van der Waals surface area contributed by atoms with Gasteiger partial charge in [-0.05, 0) is 54.9 Å². The smallest absolute Gasteiger partial charge is 0.253 e. The molecule has 27 heavy (non-hydrogen) atoms. The minimum absolute atomic E-state index is 0.0531. The van der Waals surface area contributed by atoms with E-state index in [1.165, 1.54) is 5.56 Å². The summed E-state index contributed by atoms with van der Waals surface area (Å²) in [5.41, 5.74) is 2.72. The van der Waals surface area contributed by atoms with E-state index in [2.05, 4.69) is 36.5 Å². The van der Waals surface area contributed by atoms with Gasteiger partial charge in [0.15, 0.2) is 0 Å². The molecule has 1 aliphatic heterocycles. The standard InChI is InChI=1S/C23H26N2O2/c1-16-14-21(16)22(26)24-20-9-5-8-19(15-20)23(27)25-12-10-18(11-13-25)17-6-3-2-4-7-17/h2-9,15-16,18,21H,10-14H2,1H3,(H,24,26). The number of rotatable bonds is 4. The summed E-state index contributed by atoms with van der Waals surface area (Å²) < 4.78 is 0. The summed E-state index contributed by atoms with van der Waals surface area (Å²) in [4.78, 5) is 27.0. The third-order valence-electron chi connectivity index (χ3n) is 5.88. The largest absolute Gasteiger partial charge is 0.339 e. The van der Waals surface area contributed by atoms with E-state index in [9.17, 15) is 9.59 Å². The van der Waals surface area contributed by atoms with Crippen molar-refractivity contribution in [1.29, 1.82) is 0 Å². The van der Waals surface area contributed by atoms with Gasteiger partial charge in [-0.15, -0.1) is 0 Å². The van der Waals surface area contributed by atoms with Gasteiger partial charge in [0.2, 0.25) is 5.91 Å². The summed E-state index contributed by atoms with van der Waals surface area (Å²) in [5, 5.41) is 2.95. The van der Waals surface area contributed by atoms with E-state index in [0.29, 0.717) is 23.1 Å². The molecule has 140 valence electrons. The second-order valence-electron chi connectivity index (χ2n) is 7.87. The molecule has 2 amide bonds. The van der Waals surface area contributed by atoms with Gasteiger partial charge in [-0.1, -0.05) is 43.3 Å².